The fourth-order valence-corrected chi connectivity index (χ4v) is 3.62. The van der Waals surface area contributed by atoms with E-state index in [0.717, 1.165) is 17.8 Å². The van der Waals surface area contributed by atoms with Gasteiger partial charge >= 0.3 is 0 Å². The van der Waals surface area contributed by atoms with E-state index >= 15 is 0 Å². The van der Waals surface area contributed by atoms with Crippen LogP contribution in [0.3, 0.4) is 0 Å². The predicted molar refractivity (Wildman–Crippen MR) is 110 cm³/mol. The highest BCUT2D eigenvalue weighted by Crippen LogP contribution is 2.14. The molecule has 0 radical (unpaired) electrons. The Hall–Kier alpha value is -2.92. The maximum absolute atomic E-state index is 12.4. The van der Waals surface area contributed by atoms with Crippen LogP contribution in [0.15, 0.2) is 67.3 Å². The summed E-state index contributed by atoms with van der Waals surface area (Å²) in [5.41, 5.74) is 4.10. The third-order valence-electron chi connectivity index (χ3n) is 5.26. The smallest absolute Gasteiger partial charge is 0.251 e. The third kappa shape index (κ3) is 4.67. The van der Waals surface area contributed by atoms with Crippen molar-refractivity contribution in [2.45, 2.75) is 32.4 Å². The Kier molecular flexibility index (Phi) is 5.83. The summed E-state index contributed by atoms with van der Waals surface area (Å²) in [6, 6.07) is 16.1. The van der Waals surface area contributed by atoms with Gasteiger partial charge in [0.25, 0.3) is 5.91 Å². The van der Waals surface area contributed by atoms with Crippen LogP contribution >= 0.6 is 0 Å². The molecule has 2 heterocycles. The van der Waals surface area contributed by atoms with Crippen LogP contribution in [0.4, 0.5) is 0 Å². The summed E-state index contributed by atoms with van der Waals surface area (Å²) in [4.78, 5) is 19.0. The van der Waals surface area contributed by atoms with E-state index in [1.165, 1.54) is 37.9 Å². The largest absolute Gasteiger partial charge is 0.348 e. The molecule has 1 aromatic heterocycles. The number of carbonyl (C=O) groups is 1. The second-order valence-electron chi connectivity index (χ2n) is 7.35. The molecule has 5 nitrogen and oxygen atoms in total. The zero-order valence-corrected chi connectivity index (χ0v) is 16.1. The lowest BCUT2D eigenvalue weighted by Crippen LogP contribution is -2.29. The number of nitrogens with zero attached hydrogens (tertiary/aromatic N) is 3. The summed E-state index contributed by atoms with van der Waals surface area (Å²) < 4.78 is 1.95. The Bertz CT molecular complexity index is 879. The molecular formula is C23H26N4O. The summed E-state index contributed by atoms with van der Waals surface area (Å²) in [7, 11) is 0. The molecule has 5 heteroatoms. The van der Waals surface area contributed by atoms with Gasteiger partial charge in [0, 0.05) is 36.7 Å². The molecule has 0 unspecified atom stereocenters. The second kappa shape index (κ2) is 8.85. The summed E-state index contributed by atoms with van der Waals surface area (Å²) >= 11 is 0. The van der Waals surface area contributed by atoms with Crippen molar-refractivity contribution in [3.05, 3.63) is 83.9 Å². The average molecular weight is 374 g/mol. The molecule has 4 rings (SSSR count). The molecule has 0 saturated carbocycles. The topological polar surface area (TPSA) is 50.2 Å². The van der Waals surface area contributed by atoms with Gasteiger partial charge in [-0.1, -0.05) is 30.7 Å². The van der Waals surface area contributed by atoms with E-state index in [4.69, 9.17) is 0 Å². The van der Waals surface area contributed by atoms with Crippen LogP contribution in [-0.4, -0.2) is 33.4 Å². The van der Waals surface area contributed by atoms with E-state index in [2.05, 4.69) is 27.3 Å². The molecular weight excluding hydrogens is 348 g/mol. The van der Waals surface area contributed by atoms with Crippen LogP contribution in [0, 0.1) is 0 Å². The van der Waals surface area contributed by atoms with Crippen molar-refractivity contribution in [3.8, 4) is 5.69 Å². The van der Waals surface area contributed by atoms with E-state index in [1.807, 2.05) is 47.2 Å². The van der Waals surface area contributed by atoms with Crippen LogP contribution < -0.4 is 5.32 Å². The fourth-order valence-electron chi connectivity index (χ4n) is 3.62. The molecule has 144 valence electrons. The highest BCUT2D eigenvalue weighted by atomic mass is 16.1. The van der Waals surface area contributed by atoms with Crippen LogP contribution in [0.25, 0.3) is 5.69 Å². The van der Waals surface area contributed by atoms with E-state index in [1.54, 1.807) is 12.5 Å². The Morgan fingerprint density at radius 3 is 2.32 bits per heavy atom. The standard InChI is InChI=1S/C23H26N4O/c28-23(21-8-4-20(5-9-21)17-26-13-2-1-3-14-26)25-16-19-6-10-22(11-7-19)27-15-12-24-18-27/h4-12,15,18H,1-3,13-14,16-17H2,(H,25,28). The van der Waals surface area contributed by atoms with E-state index in [-0.39, 0.29) is 5.91 Å². The normalized spacial score (nSPS) is 14.7. The summed E-state index contributed by atoms with van der Waals surface area (Å²) in [6.45, 7) is 3.85. The van der Waals surface area contributed by atoms with Crippen LogP contribution in [0.5, 0.6) is 0 Å². The Labute approximate surface area is 166 Å². The van der Waals surface area contributed by atoms with Crippen molar-refractivity contribution in [3.63, 3.8) is 0 Å². The van der Waals surface area contributed by atoms with Gasteiger partial charge in [0.15, 0.2) is 0 Å². The maximum atomic E-state index is 12.4. The number of amides is 1. The number of imidazole rings is 1. The van der Waals surface area contributed by atoms with Crippen molar-refractivity contribution in [2.24, 2.45) is 0 Å². The zero-order valence-electron chi connectivity index (χ0n) is 16.1. The van der Waals surface area contributed by atoms with Crippen LogP contribution in [0.1, 0.15) is 40.7 Å². The molecule has 1 fully saturated rings. The Morgan fingerprint density at radius 2 is 1.64 bits per heavy atom. The summed E-state index contributed by atoms with van der Waals surface area (Å²) in [6.07, 6.45) is 9.37. The van der Waals surface area contributed by atoms with Crippen molar-refractivity contribution in [2.75, 3.05) is 13.1 Å². The van der Waals surface area contributed by atoms with Crippen LogP contribution in [0.2, 0.25) is 0 Å². The van der Waals surface area contributed by atoms with Gasteiger partial charge in [0.1, 0.15) is 0 Å². The highest BCUT2D eigenvalue weighted by molar-refractivity contribution is 5.94. The number of hydrogen-bond donors (Lipinski definition) is 1. The molecule has 1 aliphatic heterocycles. The fraction of sp³-hybridized carbons (Fsp3) is 0.304. The number of carbonyl (C=O) groups excluding carboxylic acids is 1. The molecule has 3 aromatic rings. The molecule has 1 amide bonds. The Morgan fingerprint density at radius 1 is 0.929 bits per heavy atom. The van der Waals surface area contributed by atoms with Gasteiger partial charge in [0.05, 0.1) is 6.33 Å². The van der Waals surface area contributed by atoms with Gasteiger partial charge in [-0.15, -0.1) is 0 Å². The number of hydrogen-bond acceptors (Lipinski definition) is 3. The molecule has 0 atom stereocenters. The molecule has 0 bridgehead atoms. The van der Waals surface area contributed by atoms with Gasteiger partial charge in [-0.25, -0.2) is 4.98 Å². The first-order chi connectivity index (χ1) is 13.8. The monoisotopic (exact) mass is 374 g/mol. The highest BCUT2D eigenvalue weighted by Gasteiger charge is 2.11. The van der Waals surface area contributed by atoms with Gasteiger partial charge in [-0.05, 0) is 61.3 Å². The van der Waals surface area contributed by atoms with Crippen molar-refractivity contribution in [1.29, 1.82) is 0 Å². The minimum Gasteiger partial charge on any atom is -0.348 e. The molecule has 2 aromatic carbocycles. The molecule has 1 saturated heterocycles. The van der Waals surface area contributed by atoms with Crippen LogP contribution in [-0.2, 0) is 13.1 Å². The van der Waals surface area contributed by atoms with E-state index in [9.17, 15) is 4.79 Å². The second-order valence-corrected chi connectivity index (χ2v) is 7.35. The lowest BCUT2D eigenvalue weighted by molar-refractivity contribution is 0.0951. The lowest BCUT2D eigenvalue weighted by atomic mass is 10.1. The first-order valence-electron chi connectivity index (χ1n) is 9.95. The molecule has 0 aliphatic carbocycles. The predicted octanol–water partition coefficient (Wildman–Crippen LogP) is 3.79. The number of nitrogens with one attached hydrogen (secondary N) is 1. The molecule has 1 aliphatic rings. The van der Waals surface area contributed by atoms with E-state index in [0.29, 0.717) is 12.1 Å². The van der Waals surface area contributed by atoms with Gasteiger partial charge in [-0.2, -0.15) is 0 Å². The summed E-state index contributed by atoms with van der Waals surface area (Å²) in [5, 5.41) is 3.00. The van der Waals surface area contributed by atoms with Crippen molar-refractivity contribution < 1.29 is 4.79 Å². The SMILES string of the molecule is O=C(NCc1ccc(-n2ccnc2)cc1)c1ccc(CN2CCCCC2)cc1. The number of aromatic nitrogens is 2. The van der Waals surface area contributed by atoms with Crippen molar-refractivity contribution >= 4 is 5.91 Å². The van der Waals surface area contributed by atoms with E-state index < -0.39 is 0 Å². The maximum Gasteiger partial charge on any atom is 0.251 e. The van der Waals surface area contributed by atoms with Gasteiger partial charge in [0.2, 0.25) is 0 Å². The summed E-state index contributed by atoms with van der Waals surface area (Å²) in [5.74, 6) is -0.0387. The minimum atomic E-state index is -0.0387. The van der Waals surface area contributed by atoms with Crippen molar-refractivity contribution in [1.82, 2.24) is 19.8 Å². The first-order valence-corrected chi connectivity index (χ1v) is 9.95. The molecule has 1 N–H and O–H groups in total. The molecule has 0 spiro atoms. The zero-order chi connectivity index (χ0) is 19.2. The third-order valence-corrected chi connectivity index (χ3v) is 5.26. The number of likely N-dealkylation sites (tertiary alicyclic amines) is 1. The van der Waals surface area contributed by atoms with Gasteiger partial charge in [-0.3, -0.25) is 9.69 Å². The first kappa shape index (κ1) is 18.4. The Balaban J connectivity index is 1.29. The lowest BCUT2D eigenvalue weighted by Gasteiger charge is -2.26. The molecule has 28 heavy (non-hydrogen) atoms. The minimum absolute atomic E-state index is 0.0387. The number of rotatable bonds is 6. The van der Waals surface area contributed by atoms with Gasteiger partial charge < -0.3 is 9.88 Å². The number of benzene rings is 2. The number of piperidine rings is 1. The quantitative estimate of drug-likeness (QED) is 0.714. The average Bonchev–Trinajstić information content (AvgIpc) is 3.29.